The second-order valence-electron chi connectivity index (χ2n) is 6.14. The van der Waals surface area contributed by atoms with Gasteiger partial charge in [0.1, 0.15) is 0 Å². The Morgan fingerprint density at radius 1 is 1.11 bits per heavy atom. The Bertz CT molecular complexity index is 314. The zero-order chi connectivity index (χ0) is 13.3. The van der Waals surface area contributed by atoms with Crippen LogP contribution in [-0.4, -0.2) is 54.9 Å². The fourth-order valence-electron chi connectivity index (χ4n) is 2.97. The Morgan fingerprint density at radius 3 is 2.00 bits per heavy atom. The maximum Gasteiger partial charge on any atom is 0.242 e. The molecule has 0 aromatic carbocycles. The molecule has 1 amide bonds. The predicted octanol–water partition coefficient (Wildman–Crippen LogP) is 0.664. The summed E-state index contributed by atoms with van der Waals surface area (Å²) in [5.41, 5.74) is 5.48. The second-order valence-corrected chi connectivity index (χ2v) is 6.14. The summed E-state index contributed by atoms with van der Waals surface area (Å²) in [6.07, 6.45) is 6.31. The Balaban J connectivity index is 1.61. The minimum absolute atomic E-state index is 0.0958. The lowest BCUT2D eigenvalue weighted by Gasteiger charge is -2.30. The molecule has 0 radical (unpaired) electrons. The maximum absolute atomic E-state index is 12.5. The number of carbonyl (C=O) groups is 1. The van der Waals surface area contributed by atoms with Crippen molar-refractivity contribution in [1.29, 1.82) is 0 Å². The largest absolute Gasteiger partial charge is 0.376 e. The van der Waals surface area contributed by atoms with Crippen LogP contribution in [0.25, 0.3) is 0 Å². The van der Waals surface area contributed by atoms with Crippen LogP contribution in [-0.2, 0) is 14.3 Å². The highest BCUT2D eigenvalue weighted by atomic mass is 16.5. The highest BCUT2D eigenvalue weighted by molar-refractivity contribution is 5.89. The molecule has 3 rings (SSSR count). The van der Waals surface area contributed by atoms with Crippen LogP contribution in [0.15, 0.2) is 0 Å². The summed E-state index contributed by atoms with van der Waals surface area (Å²) >= 11 is 0. The first kappa shape index (κ1) is 13.3. The van der Waals surface area contributed by atoms with Crippen LogP contribution in [0.5, 0.6) is 0 Å². The van der Waals surface area contributed by atoms with Gasteiger partial charge in [-0.3, -0.25) is 4.79 Å². The van der Waals surface area contributed by atoms with E-state index in [2.05, 4.69) is 0 Å². The van der Waals surface area contributed by atoms with E-state index in [1.54, 1.807) is 0 Å². The van der Waals surface area contributed by atoms with Crippen LogP contribution in [0.1, 0.15) is 38.5 Å². The van der Waals surface area contributed by atoms with E-state index in [0.717, 1.165) is 51.7 Å². The number of hydrogen-bond acceptors (Lipinski definition) is 4. The molecule has 1 saturated carbocycles. The lowest BCUT2D eigenvalue weighted by atomic mass is 10.1. The van der Waals surface area contributed by atoms with Gasteiger partial charge in [-0.15, -0.1) is 0 Å². The average molecular weight is 268 g/mol. The van der Waals surface area contributed by atoms with Gasteiger partial charge in [0.05, 0.1) is 17.7 Å². The second kappa shape index (κ2) is 5.38. The van der Waals surface area contributed by atoms with Gasteiger partial charge in [-0.1, -0.05) is 0 Å². The molecule has 3 aliphatic rings. The van der Waals surface area contributed by atoms with E-state index in [-0.39, 0.29) is 18.1 Å². The Morgan fingerprint density at radius 2 is 1.63 bits per heavy atom. The summed E-state index contributed by atoms with van der Waals surface area (Å²) in [4.78, 5) is 14.4. The highest BCUT2D eigenvalue weighted by Gasteiger charge is 2.48. The van der Waals surface area contributed by atoms with Crippen molar-refractivity contribution in [3.05, 3.63) is 0 Å². The fraction of sp³-hybridized carbons (Fsp3) is 0.929. The Hall–Kier alpha value is -0.650. The highest BCUT2D eigenvalue weighted by Crippen LogP contribution is 2.34. The van der Waals surface area contributed by atoms with Crippen molar-refractivity contribution >= 4 is 5.91 Å². The lowest BCUT2D eigenvalue weighted by molar-refractivity contribution is -0.136. The van der Waals surface area contributed by atoms with E-state index >= 15 is 0 Å². The van der Waals surface area contributed by atoms with Crippen LogP contribution in [0, 0.1) is 0 Å². The molecule has 1 aliphatic carbocycles. The van der Waals surface area contributed by atoms with E-state index in [1.165, 1.54) is 0 Å². The molecule has 5 nitrogen and oxygen atoms in total. The van der Waals surface area contributed by atoms with Crippen LogP contribution in [0.2, 0.25) is 0 Å². The molecule has 0 aromatic rings. The van der Waals surface area contributed by atoms with Gasteiger partial charge in [0.15, 0.2) is 0 Å². The first-order valence-corrected chi connectivity index (χ1v) is 7.49. The standard InChI is InChI=1S/C14H24N2O3/c15-14(5-6-14)13(17)16(9-11-3-1-7-18-11)10-12-4-2-8-19-12/h11-12H,1-10,15H2. The summed E-state index contributed by atoms with van der Waals surface area (Å²) in [6.45, 7) is 3.00. The van der Waals surface area contributed by atoms with Crippen molar-refractivity contribution in [1.82, 2.24) is 4.90 Å². The first-order chi connectivity index (χ1) is 9.17. The fourth-order valence-corrected chi connectivity index (χ4v) is 2.97. The number of amides is 1. The zero-order valence-electron chi connectivity index (χ0n) is 11.5. The van der Waals surface area contributed by atoms with Gasteiger partial charge in [-0.25, -0.2) is 0 Å². The van der Waals surface area contributed by atoms with Crippen molar-refractivity contribution in [2.45, 2.75) is 56.3 Å². The molecular weight excluding hydrogens is 244 g/mol. The first-order valence-electron chi connectivity index (χ1n) is 7.49. The third-order valence-electron chi connectivity index (χ3n) is 4.40. The normalized spacial score (nSPS) is 32.5. The molecule has 108 valence electrons. The summed E-state index contributed by atoms with van der Waals surface area (Å²) in [7, 11) is 0. The number of ether oxygens (including phenoxy) is 2. The van der Waals surface area contributed by atoms with Crippen LogP contribution in [0.3, 0.4) is 0 Å². The molecule has 0 bridgehead atoms. The van der Waals surface area contributed by atoms with E-state index in [0.29, 0.717) is 13.1 Å². The van der Waals surface area contributed by atoms with Gasteiger partial charge in [0.25, 0.3) is 0 Å². The topological polar surface area (TPSA) is 64.8 Å². The molecular formula is C14H24N2O3. The number of rotatable bonds is 5. The molecule has 2 unspecified atom stereocenters. The summed E-state index contributed by atoms with van der Waals surface area (Å²) < 4.78 is 11.3. The van der Waals surface area contributed by atoms with Crippen LogP contribution >= 0.6 is 0 Å². The average Bonchev–Trinajstić information content (AvgIpc) is 2.88. The maximum atomic E-state index is 12.5. The van der Waals surface area contributed by atoms with E-state index in [1.807, 2.05) is 4.90 Å². The number of carbonyl (C=O) groups excluding carboxylic acids is 1. The molecule has 2 aliphatic heterocycles. The Labute approximate surface area is 114 Å². The smallest absolute Gasteiger partial charge is 0.242 e. The molecule has 3 fully saturated rings. The lowest BCUT2D eigenvalue weighted by Crippen LogP contribution is -2.50. The molecule has 0 spiro atoms. The minimum Gasteiger partial charge on any atom is -0.376 e. The summed E-state index contributed by atoms with van der Waals surface area (Å²) in [6, 6.07) is 0. The van der Waals surface area contributed by atoms with Gasteiger partial charge in [-0.2, -0.15) is 0 Å². The van der Waals surface area contributed by atoms with E-state index in [9.17, 15) is 4.79 Å². The minimum atomic E-state index is -0.586. The molecule has 5 heteroatoms. The zero-order valence-corrected chi connectivity index (χ0v) is 11.5. The Kier molecular flexibility index (Phi) is 3.78. The third-order valence-corrected chi connectivity index (χ3v) is 4.40. The summed E-state index contributed by atoms with van der Waals surface area (Å²) in [5.74, 6) is 0.0958. The van der Waals surface area contributed by atoms with E-state index < -0.39 is 5.54 Å². The molecule has 2 saturated heterocycles. The van der Waals surface area contributed by atoms with Gasteiger partial charge < -0.3 is 20.1 Å². The monoisotopic (exact) mass is 268 g/mol. The van der Waals surface area contributed by atoms with E-state index in [4.69, 9.17) is 15.2 Å². The molecule has 0 aromatic heterocycles. The third kappa shape index (κ3) is 3.09. The predicted molar refractivity (Wildman–Crippen MR) is 70.7 cm³/mol. The SMILES string of the molecule is NC1(C(=O)N(CC2CCCO2)CC2CCCO2)CC1. The van der Waals surface area contributed by atoms with Crippen molar-refractivity contribution in [2.75, 3.05) is 26.3 Å². The van der Waals surface area contributed by atoms with Crippen molar-refractivity contribution in [3.8, 4) is 0 Å². The van der Waals surface area contributed by atoms with Crippen molar-refractivity contribution in [2.24, 2.45) is 5.73 Å². The molecule has 2 heterocycles. The van der Waals surface area contributed by atoms with Gasteiger partial charge in [0, 0.05) is 26.3 Å². The van der Waals surface area contributed by atoms with Crippen molar-refractivity contribution < 1.29 is 14.3 Å². The van der Waals surface area contributed by atoms with Crippen LogP contribution < -0.4 is 5.73 Å². The van der Waals surface area contributed by atoms with Crippen molar-refractivity contribution in [3.63, 3.8) is 0 Å². The molecule has 2 atom stereocenters. The number of hydrogen-bond donors (Lipinski definition) is 1. The van der Waals surface area contributed by atoms with Gasteiger partial charge in [0.2, 0.25) is 5.91 Å². The quantitative estimate of drug-likeness (QED) is 0.795. The molecule has 2 N–H and O–H groups in total. The number of nitrogens with zero attached hydrogens (tertiary/aromatic N) is 1. The van der Waals surface area contributed by atoms with Gasteiger partial charge >= 0.3 is 0 Å². The summed E-state index contributed by atoms with van der Waals surface area (Å²) in [5, 5.41) is 0. The van der Waals surface area contributed by atoms with Crippen LogP contribution in [0.4, 0.5) is 0 Å². The molecule has 19 heavy (non-hydrogen) atoms. The number of nitrogens with two attached hydrogens (primary N) is 1. The van der Waals surface area contributed by atoms with Gasteiger partial charge in [-0.05, 0) is 38.5 Å².